The number of aromatic nitrogens is 4. The lowest BCUT2D eigenvalue weighted by Gasteiger charge is -2.17. The fourth-order valence-electron chi connectivity index (χ4n) is 4.09. The smallest absolute Gasteiger partial charge is 0.397 e. The molecule has 1 amide bonds. The molecule has 1 unspecified atom stereocenters. The normalized spacial score (nSPS) is 11.4. The largest absolute Gasteiger partial charge is 0.421 e. The van der Waals surface area contributed by atoms with Crippen LogP contribution in [0, 0.1) is 5.92 Å². The molecule has 2 heterocycles. The topological polar surface area (TPSA) is 126 Å². The second-order valence-electron chi connectivity index (χ2n) is 10.2. The summed E-state index contributed by atoms with van der Waals surface area (Å²) in [6.07, 6.45) is 0.306. The number of alkyl halides is 3. The van der Waals surface area contributed by atoms with Crippen LogP contribution in [0.25, 0.3) is 11.1 Å². The van der Waals surface area contributed by atoms with E-state index in [1.807, 2.05) is 29.9 Å². The summed E-state index contributed by atoms with van der Waals surface area (Å²) in [5.41, 5.74) is 2.39. The maximum atomic E-state index is 13.9. The Bertz CT molecular complexity index is 1530. The van der Waals surface area contributed by atoms with E-state index in [0.29, 0.717) is 38.8 Å². The Morgan fingerprint density at radius 2 is 1.78 bits per heavy atom. The first-order valence-corrected chi connectivity index (χ1v) is 15.5. The highest BCUT2D eigenvalue weighted by atomic mass is 31.1. The van der Waals surface area contributed by atoms with Crippen molar-refractivity contribution in [3.63, 3.8) is 0 Å². The van der Waals surface area contributed by atoms with E-state index < -0.39 is 23.5 Å². The summed E-state index contributed by atoms with van der Waals surface area (Å²) in [6, 6.07) is 12.3. The van der Waals surface area contributed by atoms with Crippen molar-refractivity contribution in [1.29, 1.82) is 0 Å². The van der Waals surface area contributed by atoms with Gasteiger partial charge >= 0.3 is 6.18 Å². The molecule has 0 saturated carbocycles. The molecule has 0 fully saturated rings. The Hall–Kier alpha value is -4.06. The van der Waals surface area contributed by atoms with E-state index in [1.165, 1.54) is 7.05 Å². The van der Waals surface area contributed by atoms with Crippen LogP contribution in [0.2, 0.25) is 0 Å². The molecule has 2 aromatic carbocycles. The highest BCUT2D eigenvalue weighted by Gasteiger charge is 2.35. The van der Waals surface area contributed by atoms with E-state index in [2.05, 4.69) is 44.9 Å². The summed E-state index contributed by atoms with van der Waals surface area (Å²) in [7, 11) is 1.81. The van der Waals surface area contributed by atoms with Gasteiger partial charge in [0.15, 0.2) is 0 Å². The minimum Gasteiger partial charge on any atom is -0.397 e. The van der Waals surface area contributed by atoms with E-state index in [-0.39, 0.29) is 23.8 Å². The highest BCUT2D eigenvalue weighted by molar-refractivity contribution is 7.31. The van der Waals surface area contributed by atoms with Crippen LogP contribution in [0.3, 0.4) is 0 Å². The van der Waals surface area contributed by atoms with Gasteiger partial charge < -0.3 is 25.6 Å². The number of carbonyl (C=O) groups excluding carboxylic acids is 1. The minimum absolute atomic E-state index is 0.0369. The number of nitrogens with one attached hydrogen (secondary N) is 3. The zero-order valence-electron chi connectivity index (χ0n) is 25.9. The lowest BCUT2D eigenvalue weighted by atomic mass is 10.0. The Balaban J connectivity index is 0.00000177. The van der Waals surface area contributed by atoms with Crippen LogP contribution in [-0.2, 0) is 23.4 Å². The van der Waals surface area contributed by atoms with Gasteiger partial charge in [0, 0.05) is 65.4 Å². The maximum absolute atomic E-state index is 13.9. The Morgan fingerprint density at radius 1 is 1.07 bits per heavy atom. The van der Waals surface area contributed by atoms with Crippen molar-refractivity contribution in [3.05, 3.63) is 77.7 Å². The maximum Gasteiger partial charge on any atom is 0.421 e. The van der Waals surface area contributed by atoms with Crippen molar-refractivity contribution >= 4 is 37.9 Å². The minimum atomic E-state index is -4.73. The molecule has 1 atom stereocenters. The van der Waals surface area contributed by atoms with Gasteiger partial charge in [-0.3, -0.25) is 9.48 Å². The lowest BCUT2D eigenvalue weighted by molar-refractivity contribution is -0.137. The van der Waals surface area contributed by atoms with Gasteiger partial charge in [-0.25, -0.2) is 4.98 Å². The van der Waals surface area contributed by atoms with Crippen molar-refractivity contribution in [2.45, 2.75) is 46.6 Å². The summed E-state index contributed by atoms with van der Waals surface area (Å²) >= 11 is 0. The van der Waals surface area contributed by atoms with Gasteiger partial charge in [0.25, 0.3) is 5.91 Å². The molecule has 0 spiro atoms. The van der Waals surface area contributed by atoms with Gasteiger partial charge in [0.1, 0.15) is 11.4 Å². The lowest BCUT2D eigenvalue weighted by Crippen LogP contribution is -2.20. The number of hydrogen-bond acceptors (Lipinski definition) is 8. The molecule has 14 heteroatoms. The van der Waals surface area contributed by atoms with Gasteiger partial charge in [-0.2, -0.15) is 23.3 Å². The zero-order valence-corrected chi connectivity index (χ0v) is 26.9. The second kappa shape index (κ2) is 16.9. The molecule has 0 aliphatic heterocycles. The number of anilines is 4. The molecule has 0 aliphatic carbocycles. The average Bonchev–Trinajstić information content (AvgIpc) is 3.45. The number of carbonyl (C=O) groups is 1. The molecule has 0 bridgehead atoms. The number of halogens is 3. The molecule has 0 saturated heterocycles. The fourth-order valence-corrected chi connectivity index (χ4v) is 4.79. The third-order valence-electron chi connectivity index (χ3n) is 6.09. The van der Waals surface area contributed by atoms with Gasteiger partial charge in [0.2, 0.25) is 5.95 Å². The monoisotopic (exact) mass is 645 g/mol. The van der Waals surface area contributed by atoms with E-state index >= 15 is 0 Å². The number of aliphatic hydroxyl groups excluding tert-OH is 1. The number of rotatable bonds is 12. The van der Waals surface area contributed by atoms with E-state index in [9.17, 15) is 18.0 Å². The molecule has 4 aromatic rings. The van der Waals surface area contributed by atoms with Crippen molar-refractivity contribution in [2.75, 3.05) is 30.9 Å². The van der Waals surface area contributed by atoms with Crippen molar-refractivity contribution in [2.24, 2.45) is 5.92 Å². The molecule has 242 valence electrons. The molecular formula is C31H39F3N7O3P. The number of nitrogens with zero attached hydrogens (tertiary/aromatic N) is 4. The number of aliphatic hydroxyl groups is 1. The Morgan fingerprint density at radius 3 is 2.40 bits per heavy atom. The molecular weight excluding hydrogens is 606 g/mol. The van der Waals surface area contributed by atoms with Crippen LogP contribution >= 0.6 is 8.81 Å². The molecule has 45 heavy (non-hydrogen) atoms. The first kappa shape index (κ1) is 35.4. The first-order chi connectivity index (χ1) is 21.5. The van der Waals surface area contributed by atoms with Gasteiger partial charge in [-0.05, 0) is 55.2 Å². The third-order valence-corrected chi connectivity index (χ3v) is 7.14. The summed E-state index contributed by atoms with van der Waals surface area (Å²) in [6.45, 7) is 9.40. The standard InChI is InChI=1S/C29H33F3N7O2P.C2H6O/c1-5-41-42-17-19-6-9-22(10-7-19)36-28-34-14-24(29(30,31)32)26(38-28)37-25-11-8-20(12-23(25)27(40)33-4)21-13-35-39(16-21)15-18(2)3;1-2-3/h6-14,16,18,42H,5,15,17H2,1-4H3,(H,33,40)(H2,34,36,37,38);3H,2H2,1H3. The summed E-state index contributed by atoms with van der Waals surface area (Å²) in [5, 5.41) is 20.2. The third kappa shape index (κ3) is 10.5. The predicted molar refractivity (Wildman–Crippen MR) is 172 cm³/mol. The van der Waals surface area contributed by atoms with Gasteiger partial charge in [0.05, 0.1) is 17.4 Å². The van der Waals surface area contributed by atoms with Gasteiger partial charge in [-0.1, -0.05) is 32.0 Å². The second-order valence-corrected chi connectivity index (χ2v) is 11.1. The summed E-state index contributed by atoms with van der Waals surface area (Å²) in [4.78, 5) is 20.8. The molecule has 0 radical (unpaired) electrons. The Kier molecular flexibility index (Phi) is 13.3. The number of benzene rings is 2. The van der Waals surface area contributed by atoms with E-state index in [4.69, 9.17) is 9.63 Å². The van der Waals surface area contributed by atoms with Crippen LogP contribution in [0.4, 0.5) is 36.3 Å². The number of amides is 1. The van der Waals surface area contributed by atoms with Crippen molar-refractivity contribution < 1.29 is 27.6 Å². The number of hydrogen-bond donors (Lipinski definition) is 4. The van der Waals surface area contributed by atoms with Crippen LogP contribution in [0.5, 0.6) is 0 Å². The van der Waals surface area contributed by atoms with Crippen LogP contribution in [0.15, 0.2) is 61.1 Å². The zero-order chi connectivity index (χ0) is 33.0. The predicted octanol–water partition coefficient (Wildman–Crippen LogP) is 6.99. The quantitative estimate of drug-likeness (QED) is 0.0960. The van der Waals surface area contributed by atoms with E-state index in [1.54, 1.807) is 43.5 Å². The molecule has 2 aromatic heterocycles. The van der Waals surface area contributed by atoms with Crippen molar-refractivity contribution in [1.82, 2.24) is 25.1 Å². The summed E-state index contributed by atoms with van der Waals surface area (Å²) < 4.78 is 49.1. The van der Waals surface area contributed by atoms with Crippen LogP contribution < -0.4 is 16.0 Å². The highest BCUT2D eigenvalue weighted by Crippen LogP contribution is 2.36. The summed E-state index contributed by atoms with van der Waals surface area (Å²) in [5.74, 6) is -0.603. The molecule has 4 N–H and O–H groups in total. The SMILES string of the molecule is CCO.CCOPCc1ccc(Nc2ncc(C(F)(F)F)c(Nc3ccc(-c4cnn(CC(C)C)c4)cc3C(=O)NC)n2)cc1. The molecule has 0 aliphatic rings. The van der Waals surface area contributed by atoms with Gasteiger partial charge in [-0.15, -0.1) is 0 Å². The van der Waals surface area contributed by atoms with Crippen LogP contribution in [-0.4, -0.2) is 51.0 Å². The molecule has 4 rings (SSSR count). The first-order valence-electron chi connectivity index (χ1n) is 14.4. The fraction of sp³-hybridized carbons (Fsp3) is 0.355. The average molecular weight is 646 g/mol. The van der Waals surface area contributed by atoms with E-state index in [0.717, 1.165) is 23.8 Å². The van der Waals surface area contributed by atoms with Crippen LogP contribution in [0.1, 0.15) is 49.2 Å². The molecule has 10 nitrogen and oxygen atoms in total. The Labute approximate surface area is 262 Å². The van der Waals surface area contributed by atoms with Crippen molar-refractivity contribution in [3.8, 4) is 11.1 Å².